The van der Waals surface area contributed by atoms with Gasteiger partial charge in [-0.3, -0.25) is 15.8 Å². The SMILES string of the molecule is O=C(NNc1ccc(OC(F)(F)F)cc1)Nc1cccc2cccnc12. The number of halogens is 3. The van der Waals surface area contributed by atoms with Crippen molar-refractivity contribution >= 4 is 28.3 Å². The van der Waals surface area contributed by atoms with E-state index in [4.69, 9.17) is 0 Å². The van der Waals surface area contributed by atoms with Crippen molar-refractivity contribution in [3.8, 4) is 5.75 Å². The van der Waals surface area contributed by atoms with Crippen LogP contribution in [0.1, 0.15) is 0 Å². The van der Waals surface area contributed by atoms with Crippen LogP contribution < -0.4 is 20.9 Å². The summed E-state index contributed by atoms with van der Waals surface area (Å²) in [6, 6.07) is 13.4. The molecule has 2 amide bonds. The molecule has 1 heterocycles. The molecule has 0 spiro atoms. The Hall–Kier alpha value is -3.49. The third-order valence-electron chi connectivity index (χ3n) is 3.29. The van der Waals surface area contributed by atoms with Gasteiger partial charge in [-0.2, -0.15) is 0 Å². The number of benzene rings is 2. The molecule has 2 aromatic carbocycles. The summed E-state index contributed by atoms with van der Waals surface area (Å²) in [6.07, 6.45) is -3.13. The highest BCUT2D eigenvalue weighted by atomic mass is 19.4. The van der Waals surface area contributed by atoms with Gasteiger partial charge in [-0.15, -0.1) is 13.2 Å². The van der Waals surface area contributed by atoms with Gasteiger partial charge in [0.15, 0.2) is 0 Å². The molecule has 0 radical (unpaired) electrons. The fourth-order valence-electron chi connectivity index (χ4n) is 2.23. The van der Waals surface area contributed by atoms with Gasteiger partial charge in [0.2, 0.25) is 0 Å². The molecular formula is C17H13F3N4O2. The minimum absolute atomic E-state index is 0.352. The fraction of sp³-hybridized carbons (Fsp3) is 0.0588. The summed E-state index contributed by atoms with van der Waals surface area (Å²) in [5.74, 6) is -0.352. The quantitative estimate of drug-likeness (QED) is 0.606. The molecule has 9 heteroatoms. The van der Waals surface area contributed by atoms with Crippen LogP contribution in [0.15, 0.2) is 60.8 Å². The number of alkyl halides is 3. The first-order chi connectivity index (χ1) is 12.4. The number of carbonyl (C=O) groups is 1. The van der Waals surface area contributed by atoms with Gasteiger partial charge in [0, 0.05) is 11.6 Å². The lowest BCUT2D eigenvalue weighted by Crippen LogP contribution is -2.33. The molecule has 0 aliphatic heterocycles. The molecule has 0 fully saturated rings. The van der Waals surface area contributed by atoms with Crippen molar-refractivity contribution in [2.45, 2.75) is 6.36 Å². The topological polar surface area (TPSA) is 75.3 Å². The second kappa shape index (κ2) is 7.18. The monoisotopic (exact) mass is 362 g/mol. The molecule has 134 valence electrons. The predicted octanol–water partition coefficient (Wildman–Crippen LogP) is 4.28. The van der Waals surface area contributed by atoms with E-state index >= 15 is 0 Å². The fourth-order valence-corrected chi connectivity index (χ4v) is 2.23. The predicted molar refractivity (Wildman–Crippen MR) is 90.6 cm³/mol. The molecule has 0 bridgehead atoms. The number of amides is 2. The van der Waals surface area contributed by atoms with Gasteiger partial charge >= 0.3 is 12.4 Å². The zero-order valence-electron chi connectivity index (χ0n) is 13.2. The normalized spacial score (nSPS) is 11.0. The Bertz CT molecular complexity index is 909. The Labute approximate surface area is 146 Å². The summed E-state index contributed by atoms with van der Waals surface area (Å²) < 4.78 is 40.1. The maximum absolute atomic E-state index is 12.1. The van der Waals surface area contributed by atoms with Crippen LogP contribution >= 0.6 is 0 Å². The van der Waals surface area contributed by atoms with Gasteiger partial charge in [0.1, 0.15) is 5.75 Å². The van der Waals surface area contributed by atoms with E-state index in [-0.39, 0.29) is 5.75 Å². The first-order valence-electron chi connectivity index (χ1n) is 7.43. The van der Waals surface area contributed by atoms with E-state index in [1.165, 1.54) is 12.1 Å². The maximum Gasteiger partial charge on any atom is 0.573 e. The molecule has 3 aromatic rings. The van der Waals surface area contributed by atoms with Crippen molar-refractivity contribution < 1.29 is 22.7 Å². The lowest BCUT2D eigenvalue weighted by molar-refractivity contribution is -0.274. The third-order valence-corrected chi connectivity index (χ3v) is 3.29. The molecule has 0 saturated carbocycles. The third kappa shape index (κ3) is 4.53. The van der Waals surface area contributed by atoms with Crippen LogP contribution in [0.5, 0.6) is 5.75 Å². The van der Waals surface area contributed by atoms with Crippen LogP contribution in [0, 0.1) is 0 Å². The Balaban J connectivity index is 1.59. The highest BCUT2D eigenvalue weighted by Gasteiger charge is 2.30. The largest absolute Gasteiger partial charge is 0.573 e. The Morgan fingerprint density at radius 2 is 1.73 bits per heavy atom. The number of fused-ring (bicyclic) bond motifs is 1. The number of hydrogen-bond donors (Lipinski definition) is 3. The Kier molecular flexibility index (Phi) is 4.78. The van der Waals surface area contributed by atoms with E-state index in [9.17, 15) is 18.0 Å². The number of rotatable bonds is 4. The number of hydrazine groups is 1. The smallest absolute Gasteiger partial charge is 0.406 e. The molecular weight excluding hydrogens is 349 g/mol. The van der Waals surface area contributed by atoms with Gasteiger partial charge in [-0.05, 0) is 36.4 Å². The maximum atomic E-state index is 12.1. The second-order valence-electron chi connectivity index (χ2n) is 5.16. The highest BCUT2D eigenvalue weighted by Crippen LogP contribution is 2.24. The van der Waals surface area contributed by atoms with E-state index in [0.717, 1.165) is 17.5 Å². The van der Waals surface area contributed by atoms with Crippen molar-refractivity contribution in [1.29, 1.82) is 0 Å². The number of aromatic nitrogens is 1. The van der Waals surface area contributed by atoms with Gasteiger partial charge < -0.3 is 10.1 Å². The summed E-state index contributed by atoms with van der Waals surface area (Å²) in [6.45, 7) is 0. The minimum Gasteiger partial charge on any atom is -0.406 e. The van der Waals surface area contributed by atoms with Gasteiger partial charge in [0.05, 0.1) is 16.9 Å². The van der Waals surface area contributed by atoms with E-state index in [1.807, 2.05) is 12.1 Å². The van der Waals surface area contributed by atoms with Crippen LogP contribution in [0.4, 0.5) is 29.3 Å². The number of nitrogens with zero attached hydrogens (tertiary/aromatic N) is 1. The van der Waals surface area contributed by atoms with Crippen LogP contribution in [0.2, 0.25) is 0 Å². The van der Waals surface area contributed by atoms with Gasteiger partial charge in [-0.1, -0.05) is 18.2 Å². The van der Waals surface area contributed by atoms with Crippen LogP contribution in [-0.4, -0.2) is 17.4 Å². The molecule has 6 nitrogen and oxygen atoms in total. The number of hydrogen-bond acceptors (Lipinski definition) is 4. The zero-order valence-corrected chi connectivity index (χ0v) is 13.2. The van der Waals surface area contributed by atoms with E-state index in [1.54, 1.807) is 24.4 Å². The number of pyridine rings is 1. The van der Waals surface area contributed by atoms with Crippen molar-refractivity contribution in [1.82, 2.24) is 10.4 Å². The summed E-state index contributed by atoms with van der Waals surface area (Å²) in [4.78, 5) is 16.2. The highest BCUT2D eigenvalue weighted by molar-refractivity contribution is 5.99. The van der Waals surface area contributed by atoms with Crippen molar-refractivity contribution in [3.63, 3.8) is 0 Å². The average molecular weight is 362 g/mol. The Morgan fingerprint density at radius 1 is 1.00 bits per heavy atom. The van der Waals surface area contributed by atoms with Gasteiger partial charge in [-0.25, -0.2) is 4.79 Å². The molecule has 1 aromatic heterocycles. The summed E-state index contributed by atoms with van der Waals surface area (Å²) in [5.41, 5.74) is 6.51. The molecule has 0 unspecified atom stereocenters. The summed E-state index contributed by atoms with van der Waals surface area (Å²) >= 11 is 0. The zero-order chi connectivity index (χ0) is 18.6. The van der Waals surface area contributed by atoms with Crippen molar-refractivity contribution in [2.24, 2.45) is 0 Å². The molecule has 26 heavy (non-hydrogen) atoms. The van der Waals surface area contributed by atoms with Crippen LogP contribution in [0.3, 0.4) is 0 Å². The van der Waals surface area contributed by atoms with Crippen molar-refractivity contribution in [2.75, 3.05) is 10.7 Å². The number of urea groups is 1. The molecule has 0 aliphatic carbocycles. The number of ether oxygens (including phenoxy) is 1. The molecule has 3 N–H and O–H groups in total. The molecule has 3 rings (SSSR count). The standard InChI is InChI=1S/C17H13F3N4O2/c18-17(19,20)26-13-8-6-12(7-9-13)23-24-16(25)22-14-5-1-3-11-4-2-10-21-15(11)14/h1-10,23H,(H2,22,24,25). The second-order valence-corrected chi connectivity index (χ2v) is 5.16. The minimum atomic E-state index is -4.75. The molecule has 0 aliphatic rings. The average Bonchev–Trinajstić information content (AvgIpc) is 2.60. The lowest BCUT2D eigenvalue weighted by atomic mass is 10.2. The number of anilines is 2. The summed E-state index contributed by atoms with van der Waals surface area (Å²) in [5, 5.41) is 3.52. The number of carbonyl (C=O) groups excluding carboxylic acids is 1. The number of nitrogens with one attached hydrogen (secondary N) is 3. The first-order valence-corrected chi connectivity index (χ1v) is 7.43. The molecule has 0 saturated heterocycles. The summed E-state index contributed by atoms with van der Waals surface area (Å²) in [7, 11) is 0. The lowest BCUT2D eigenvalue weighted by Gasteiger charge is -2.12. The first kappa shape index (κ1) is 17.3. The van der Waals surface area contributed by atoms with Crippen molar-refractivity contribution in [3.05, 3.63) is 60.8 Å². The van der Waals surface area contributed by atoms with E-state index in [2.05, 4.69) is 25.9 Å². The van der Waals surface area contributed by atoms with Crippen LogP contribution in [0.25, 0.3) is 10.9 Å². The van der Waals surface area contributed by atoms with E-state index in [0.29, 0.717) is 16.9 Å². The van der Waals surface area contributed by atoms with Gasteiger partial charge in [0.25, 0.3) is 0 Å². The molecule has 0 atom stereocenters. The Morgan fingerprint density at radius 3 is 2.46 bits per heavy atom. The van der Waals surface area contributed by atoms with Crippen LogP contribution in [-0.2, 0) is 0 Å². The van der Waals surface area contributed by atoms with E-state index < -0.39 is 12.4 Å². The number of para-hydroxylation sites is 1.